The first-order valence-electron chi connectivity index (χ1n) is 5.97. The highest BCUT2D eigenvalue weighted by atomic mass is 35.5. The quantitative estimate of drug-likeness (QED) is 0.725. The van der Waals surface area contributed by atoms with Crippen LogP contribution in [0.25, 0.3) is 0 Å². The molecular formula is C13H17Cl2N. The first kappa shape index (κ1) is 12.1. The minimum atomic E-state index is 0.597. The van der Waals surface area contributed by atoms with Gasteiger partial charge in [0.25, 0.3) is 0 Å². The third-order valence-corrected chi connectivity index (χ3v) is 3.88. The highest BCUT2D eigenvalue weighted by Crippen LogP contribution is 2.27. The Bertz CT molecular complexity index is 344. The van der Waals surface area contributed by atoms with Crippen LogP contribution < -0.4 is 5.32 Å². The van der Waals surface area contributed by atoms with E-state index in [0.717, 1.165) is 5.69 Å². The molecule has 0 radical (unpaired) electrons. The molecule has 0 aliphatic heterocycles. The zero-order valence-corrected chi connectivity index (χ0v) is 10.8. The maximum Gasteiger partial charge on any atom is 0.0612 e. The molecule has 1 saturated carbocycles. The standard InChI is InChI=1S/C13H17Cl2N/c14-12-8-7-11(9-13(12)15)16-10-5-3-1-2-4-6-10/h7-10,16H,1-6H2. The molecule has 0 amide bonds. The fourth-order valence-corrected chi connectivity index (χ4v) is 2.54. The van der Waals surface area contributed by atoms with Gasteiger partial charge in [0.2, 0.25) is 0 Å². The molecule has 88 valence electrons. The van der Waals surface area contributed by atoms with Gasteiger partial charge in [0, 0.05) is 11.7 Å². The van der Waals surface area contributed by atoms with Gasteiger partial charge in [-0.3, -0.25) is 0 Å². The molecule has 0 saturated heterocycles. The van der Waals surface area contributed by atoms with Gasteiger partial charge in [-0.05, 0) is 31.0 Å². The maximum atomic E-state index is 5.99. The Hall–Kier alpha value is -0.400. The molecule has 1 aliphatic rings. The normalized spacial score (nSPS) is 18.1. The van der Waals surface area contributed by atoms with E-state index in [0.29, 0.717) is 16.1 Å². The van der Waals surface area contributed by atoms with Gasteiger partial charge in [-0.2, -0.15) is 0 Å². The van der Waals surface area contributed by atoms with Crippen LogP contribution in [0, 0.1) is 0 Å². The molecule has 2 rings (SSSR count). The van der Waals surface area contributed by atoms with E-state index in [2.05, 4.69) is 5.32 Å². The van der Waals surface area contributed by atoms with Crippen LogP contribution in [0.15, 0.2) is 18.2 Å². The summed E-state index contributed by atoms with van der Waals surface area (Å²) in [5, 5.41) is 4.79. The van der Waals surface area contributed by atoms with E-state index in [1.165, 1.54) is 38.5 Å². The minimum absolute atomic E-state index is 0.597. The van der Waals surface area contributed by atoms with Crippen molar-refractivity contribution in [3.8, 4) is 0 Å². The van der Waals surface area contributed by atoms with Crippen LogP contribution in [0.5, 0.6) is 0 Å². The molecular weight excluding hydrogens is 241 g/mol. The van der Waals surface area contributed by atoms with E-state index in [1.807, 2.05) is 18.2 Å². The number of nitrogens with one attached hydrogen (secondary N) is 1. The van der Waals surface area contributed by atoms with Crippen LogP contribution >= 0.6 is 23.2 Å². The van der Waals surface area contributed by atoms with Gasteiger partial charge in [-0.1, -0.05) is 48.9 Å². The highest BCUT2D eigenvalue weighted by Gasteiger charge is 2.12. The molecule has 3 heteroatoms. The van der Waals surface area contributed by atoms with Gasteiger partial charge in [0.05, 0.1) is 10.0 Å². The van der Waals surface area contributed by atoms with Crippen LogP contribution in [0.3, 0.4) is 0 Å². The molecule has 0 aromatic heterocycles. The van der Waals surface area contributed by atoms with Gasteiger partial charge < -0.3 is 5.32 Å². The molecule has 1 nitrogen and oxygen atoms in total. The zero-order valence-electron chi connectivity index (χ0n) is 9.31. The average molecular weight is 258 g/mol. The first-order chi connectivity index (χ1) is 7.75. The maximum absolute atomic E-state index is 5.99. The summed E-state index contributed by atoms with van der Waals surface area (Å²) in [5.74, 6) is 0. The highest BCUT2D eigenvalue weighted by molar-refractivity contribution is 6.42. The lowest BCUT2D eigenvalue weighted by Gasteiger charge is -2.17. The van der Waals surface area contributed by atoms with Crippen LogP contribution in [0.4, 0.5) is 5.69 Å². The molecule has 16 heavy (non-hydrogen) atoms. The van der Waals surface area contributed by atoms with Crippen molar-refractivity contribution in [3.63, 3.8) is 0 Å². The van der Waals surface area contributed by atoms with Gasteiger partial charge in [0.1, 0.15) is 0 Å². The third kappa shape index (κ3) is 3.29. The van der Waals surface area contributed by atoms with Crippen molar-refractivity contribution in [2.45, 2.75) is 44.6 Å². The SMILES string of the molecule is Clc1ccc(NC2CCCCCC2)cc1Cl. The number of anilines is 1. The van der Waals surface area contributed by atoms with Gasteiger partial charge >= 0.3 is 0 Å². The van der Waals surface area contributed by atoms with Crippen LogP contribution in [0.1, 0.15) is 38.5 Å². The summed E-state index contributed by atoms with van der Waals surface area (Å²) in [6.45, 7) is 0. The number of rotatable bonds is 2. The monoisotopic (exact) mass is 257 g/mol. The molecule has 0 atom stereocenters. The van der Waals surface area contributed by atoms with Crippen molar-refractivity contribution >= 4 is 28.9 Å². The van der Waals surface area contributed by atoms with E-state index in [4.69, 9.17) is 23.2 Å². The Labute approximate surface area is 107 Å². The van der Waals surface area contributed by atoms with Crippen molar-refractivity contribution in [2.24, 2.45) is 0 Å². The third-order valence-electron chi connectivity index (χ3n) is 3.15. The fraction of sp³-hybridized carbons (Fsp3) is 0.538. The minimum Gasteiger partial charge on any atom is -0.382 e. The van der Waals surface area contributed by atoms with Gasteiger partial charge in [-0.25, -0.2) is 0 Å². The summed E-state index contributed by atoms with van der Waals surface area (Å²) in [4.78, 5) is 0. The number of benzene rings is 1. The molecule has 0 unspecified atom stereocenters. The van der Waals surface area contributed by atoms with Crippen LogP contribution in [-0.4, -0.2) is 6.04 Å². The summed E-state index contributed by atoms with van der Waals surface area (Å²) in [7, 11) is 0. The summed E-state index contributed by atoms with van der Waals surface area (Å²) in [6, 6.07) is 6.36. The first-order valence-corrected chi connectivity index (χ1v) is 6.73. The second kappa shape index (κ2) is 5.79. The Morgan fingerprint density at radius 2 is 1.62 bits per heavy atom. The number of halogens is 2. The summed E-state index contributed by atoms with van der Waals surface area (Å²) >= 11 is 11.9. The zero-order chi connectivity index (χ0) is 11.4. The van der Waals surface area contributed by atoms with Crippen molar-refractivity contribution in [1.82, 2.24) is 0 Å². The smallest absolute Gasteiger partial charge is 0.0612 e. The van der Waals surface area contributed by atoms with E-state index in [9.17, 15) is 0 Å². The Morgan fingerprint density at radius 3 is 2.25 bits per heavy atom. The number of hydrogen-bond acceptors (Lipinski definition) is 1. The average Bonchev–Trinajstić information content (AvgIpc) is 2.52. The predicted molar refractivity (Wildman–Crippen MR) is 71.6 cm³/mol. The lowest BCUT2D eigenvalue weighted by molar-refractivity contribution is 0.620. The summed E-state index contributed by atoms with van der Waals surface area (Å²) in [5.41, 5.74) is 1.08. The number of hydrogen-bond donors (Lipinski definition) is 1. The van der Waals surface area contributed by atoms with Crippen molar-refractivity contribution in [3.05, 3.63) is 28.2 Å². The van der Waals surface area contributed by atoms with Crippen molar-refractivity contribution in [2.75, 3.05) is 5.32 Å². The van der Waals surface area contributed by atoms with E-state index < -0.39 is 0 Å². The molecule has 1 aliphatic carbocycles. The topological polar surface area (TPSA) is 12.0 Å². The van der Waals surface area contributed by atoms with E-state index >= 15 is 0 Å². The van der Waals surface area contributed by atoms with Gasteiger partial charge in [0.15, 0.2) is 0 Å². The Balaban J connectivity index is 1.99. The lowest BCUT2D eigenvalue weighted by Crippen LogP contribution is -2.18. The van der Waals surface area contributed by atoms with E-state index in [-0.39, 0.29) is 0 Å². The second-order valence-corrected chi connectivity index (χ2v) is 5.28. The molecule has 1 N–H and O–H groups in total. The fourth-order valence-electron chi connectivity index (χ4n) is 2.25. The molecule has 1 aromatic rings. The lowest BCUT2D eigenvalue weighted by atomic mass is 10.1. The Morgan fingerprint density at radius 1 is 0.938 bits per heavy atom. The molecule has 0 bridgehead atoms. The summed E-state index contributed by atoms with van der Waals surface area (Å²) in [6.07, 6.45) is 7.94. The predicted octanol–water partition coefficient (Wildman–Crippen LogP) is 5.13. The molecule has 0 heterocycles. The van der Waals surface area contributed by atoms with Crippen LogP contribution in [0.2, 0.25) is 10.0 Å². The van der Waals surface area contributed by atoms with Crippen LogP contribution in [-0.2, 0) is 0 Å². The van der Waals surface area contributed by atoms with Gasteiger partial charge in [-0.15, -0.1) is 0 Å². The van der Waals surface area contributed by atoms with E-state index in [1.54, 1.807) is 0 Å². The Kier molecular flexibility index (Phi) is 4.37. The summed E-state index contributed by atoms with van der Waals surface area (Å²) < 4.78 is 0. The largest absolute Gasteiger partial charge is 0.382 e. The molecule has 1 fully saturated rings. The molecule has 1 aromatic carbocycles. The van der Waals surface area contributed by atoms with Crippen molar-refractivity contribution in [1.29, 1.82) is 0 Å². The second-order valence-electron chi connectivity index (χ2n) is 4.46. The van der Waals surface area contributed by atoms with Crippen molar-refractivity contribution < 1.29 is 0 Å². The molecule has 0 spiro atoms.